The van der Waals surface area contributed by atoms with Gasteiger partial charge in [-0.3, -0.25) is 14.8 Å². The second-order valence-corrected chi connectivity index (χ2v) is 6.50. The number of hydrogen-bond donors (Lipinski definition) is 3. The molecule has 1 aliphatic heterocycles. The molecule has 25 heavy (non-hydrogen) atoms. The highest BCUT2D eigenvalue weighted by Crippen LogP contribution is 2.33. The van der Waals surface area contributed by atoms with E-state index in [1.165, 1.54) is 0 Å². The Morgan fingerprint density at radius 1 is 1.44 bits per heavy atom. The number of fused-ring (bicyclic) bond motifs is 1. The minimum Gasteiger partial charge on any atom is -0.340 e. The first kappa shape index (κ1) is 17.4. The molecule has 1 saturated heterocycles. The first-order valence-electron chi connectivity index (χ1n) is 8.84. The summed E-state index contributed by atoms with van der Waals surface area (Å²) in [6.07, 6.45) is 3.76. The van der Waals surface area contributed by atoms with E-state index >= 15 is 0 Å². The van der Waals surface area contributed by atoms with Crippen LogP contribution in [0.4, 0.5) is 0 Å². The molecule has 1 aromatic heterocycles. The fourth-order valence-corrected chi connectivity index (χ4v) is 3.50. The number of amides is 2. The number of benzene rings is 1. The highest BCUT2D eigenvalue weighted by molar-refractivity contribution is 6.00. The second kappa shape index (κ2) is 7.65. The maximum Gasteiger partial charge on any atom is 0.255 e. The molecule has 1 aromatic carbocycles. The van der Waals surface area contributed by atoms with Gasteiger partial charge in [0.1, 0.15) is 11.7 Å². The number of unbranched alkanes of at least 4 members (excludes halogenated alkanes) is 1. The zero-order valence-electron chi connectivity index (χ0n) is 14.4. The van der Waals surface area contributed by atoms with E-state index in [2.05, 4.69) is 9.97 Å². The molecule has 7 heteroatoms. The van der Waals surface area contributed by atoms with Crippen LogP contribution in [0.2, 0.25) is 0 Å². The van der Waals surface area contributed by atoms with Gasteiger partial charge in [0, 0.05) is 6.54 Å². The molecule has 1 aliphatic rings. The first-order valence-corrected chi connectivity index (χ1v) is 8.84. The van der Waals surface area contributed by atoms with Crippen molar-refractivity contribution in [3.8, 4) is 0 Å². The number of hydroxylamine groups is 1. The summed E-state index contributed by atoms with van der Waals surface area (Å²) in [6.45, 7) is 2.60. The molecule has 2 heterocycles. The largest absolute Gasteiger partial charge is 0.340 e. The fourth-order valence-electron chi connectivity index (χ4n) is 3.50. The number of nitrogens with zero attached hydrogens (tertiary/aromatic N) is 2. The number of H-pyrrole nitrogens is 1. The monoisotopic (exact) mass is 344 g/mol. The lowest BCUT2D eigenvalue weighted by Gasteiger charge is -2.27. The zero-order chi connectivity index (χ0) is 17.8. The Balaban J connectivity index is 1.83. The van der Waals surface area contributed by atoms with Crippen LogP contribution in [0.25, 0.3) is 11.0 Å². The zero-order valence-corrected chi connectivity index (χ0v) is 14.4. The third-order valence-electron chi connectivity index (χ3n) is 4.83. The molecule has 2 atom stereocenters. The molecule has 2 amide bonds. The maximum absolute atomic E-state index is 13.0. The summed E-state index contributed by atoms with van der Waals surface area (Å²) in [5, 5.41) is 8.99. The van der Waals surface area contributed by atoms with E-state index in [0.29, 0.717) is 13.0 Å². The summed E-state index contributed by atoms with van der Waals surface area (Å²) in [7, 11) is 0. The highest BCUT2D eigenvalue weighted by Gasteiger charge is 2.38. The number of aromatic nitrogens is 2. The van der Waals surface area contributed by atoms with E-state index in [4.69, 9.17) is 5.21 Å². The van der Waals surface area contributed by atoms with Crippen molar-refractivity contribution in [2.24, 2.45) is 5.92 Å². The Morgan fingerprint density at radius 2 is 2.24 bits per heavy atom. The number of rotatable bonds is 6. The van der Waals surface area contributed by atoms with Crippen molar-refractivity contribution in [1.82, 2.24) is 20.3 Å². The van der Waals surface area contributed by atoms with Crippen LogP contribution in [0.1, 0.15) is 50.9 Å². The Hall–Kier alpha value is -2.41. The van der Waals surface area contributed by atoms with Crippen molar-refractivity contribution in [2.75, 3.05) is 6.54 Å². The smallest absolute Gasteiger partial charge is 0.255 e. The van der Waals surface area contributed by atoms with Gasteiger partial charge in [0.05, 0.1) is 17.1 Å². The average molecular weight is 344 g/mol. The van der Waals surface area contributed by atoms with Gasteiger partial charge < -0.3 is 9.88 Å². The Labute approximate surface area is 146 Å². The van der Waals surface area contributed by atoms with Crippen LogP contribution >= 0.6 is 0 Å². The van der Waals surface area contributed by atoms with Gasteiger partial charge in [-0.05, 0) is 31.4 Å². The predicted octanol–water partition coefficient (Wildman–Crippen LogP) is 2.54. The number of imidazole rings is 1. The molecule has 1 fully saturated rings. The summed E-state index contributed by atoms with van der Waals surface area (Å²) in [4.78, 5) is 34.6. The molecule has 0 bridgehead atoms. The molecular formula is C18H24N4O3. The first-order chi connectivity index (χ1) is 12.2. The van der Waals surface area contributed by atoms with Gasteiger partial charge in [-0.1, -0.05) is 31.9 Å². The number of carbonyl (C=O) groups is 2. The Kier molecular flexibility index (Phi) is 5.33. The van der Waals surface area contributed by atoms with Gasteiger partial charge in [0.2, 0.25) is 5.91 Å². The van der Waals surface area contributed by atoms with Crippen LogP contribution in [-0.4, -0.2) is 38.4 Å². The van der Waals surface area contributed by atoms with Crippen molar-refractivity contribution in [1.29, 1.82) is 0 Å². The molecule has 0 spiro atoms. The Morgan fingerprint density at radius 3 is 2.96 bits per heavy atom. The van der Waals surface area contributed by atoms with E-state index < -0.39 is 11.8 Å². The normalized spacial score (nSPS) is 18.5. The van der Waals surface area contributed by atoms with Crippen LogP contribution < -0.4 is 5.48 Å². The van der Waals surface area contributed by atoms with Crippen molar-refractivity contribution < 1.29 is 14.8 Å². The van der Waals surface area contributed by atoms with Crippen LogP contribution in [0.5, 0.6) is 0 Å². The molecule has 0 radical (unpaired) electrons. The summed E-state index contributed by atoms with van der Waals surface area (Å²) >= 11 is 0. The number of para-hydroxylation sites is 2. The topological polar surface area (TPSA) is 98.3 Å². The molecular weight excluding hydrogens is 320 g/mol. The van der Waals surface area contributed by atoms with Crippen LogP contribution in [-0.2, 0) is 9.59 Å². The summed E-state index contributed by atoms with van der Waals surface area (Å²) in [5.74, 6) is -0.961. The van der Waals surface area contributed by atoms with Gasteiger partial charge in [0.15, 0.2) is 0 Å². The van der Waals surface area contributed by atoms with Gasteiger partial charge in [-0.15, -0.1) is 0 Å². The van der Waals surface area contributed by atoms with Crippen molar-refractivity contribution in [3.05, 3.63) is 30.1 Å². The number of carbonyl (C=O) groups excluding carboxylic acids is 2. The SMILES string of the molecule is CCCC[C@H](C(=O)NO)C(=O)N1CCC[C@H]1c1nc2ccccc2[nH]1. The predicted molar refractivity (Wildman–Crippen MR) is 92.7 cm³/mol. The molecule has 0 saturated carbocycles. The summed E-state index contributed by atoms with van der Waals surface area (Å²) in [6, 6.07) is 7.59. The van der Waals surface area contributed by atoms with Crippen LogP contribution in [0.3, 0.4) is 0 Å². The third-order valence-corrected chi connectivity index (χ3v) is 4.83. The Bertz CT molecular complexity index is 725. The van der Waals surface area contributed by atoms with Gasteiger partial charge in [-0.2, -0.15) is 0 Å². The lowest BCUT2D eigenvalue weighted by molar-refractivity contribution is -0.147. The quantitative estimate of drug-likeness (QED) is 0.426. The molecule has 3 rings (SSSR count). The van der Waals surface area contributed by atoms with Gasteiger partial charge >= 0.3 is 0 Å². The maximum atomic E-state index is 13.0. The van der Waals surface area contributed by atoms with E-state index in [9.17, 15) is 9.59 Å². The van der Waals surface area contributed by atoms with E-state index in [1.54, 1.807) is 10.4 Å². The lowest BCUT2D eigenvalue weighted by Crippen LogP contribution is -2.43. The van der Waals surface area contributed by atoms with Gasteiger partial charge in [0.25, 0.3) is 5.91 Å². The van der Waals surface area contributed by atoms with E-state index in [1.807, 2.05) is 31.2 Å². The molecule has 3 N–H and O–H groups in total. The van der Waals surface area contributed by atoms with E-state index in [0.717, 1.165) is 42.5 Å². The third kappa shape index (κ3) is 3.51. The highest BCUT2D eigenvalue weighted by atomic mass is 16.5. The van der Waals surface area contributed by atoms with Gasteiger partial charge in [-0.25, -0.2) is 10.5 Å². The number of likely N-dealkylation sites (tertiary alicyclic amines) is 1. The van der Waals surface area contributed by atoms with Crippen LogP contribution in [0.15, 0.2) is 24.3 Å². The minimum absolute atomic E-state index is 0.157. The van der Waals surface area contributed by atoms with Crippen molar-refractivity contribution >= 4 is 22.8 Å². The number of nitrogens with one attached hydrogen (secondary N) is 2. The lowest BCUT2D eigenvalue weighted by atomic mass is 9.99. The molecule has 7 nitrogen and oxygen atoms in total. The number of hydrogen-bond acceptors (Lipinski definition) is 4. The standard InChI is InChI=1S/C18H24N4O3/c1-2-3-7-12(17(23)21-25)18(24)22-11-6-10-15(22)16-19-13-8-4-5-9-14(13)20-16/h4-5,8-9,12,15,25H,2-3,6-7,10-11H2,1H3,(H,19,20)(H,21,23)/t12-,15+/m1/s1. The van der Waals surface area contributed by atoms with E-state index in [-0.39, 0.29) is 11.9 Å². The fraction of sp³-hybridized carbons (Fsp3) is 0.500. The molecule has 134 valence electrons. The molecule has 2 aromatic rings. The van der Waals surface area contributed by atoms with Crippen molar-refractivity contribution in [2.45, 2.75) is 45.1 Å². The average Bonchev–Trinajstić information content (AvgIpc) is 3.27. The summed E-state index contributed by atoms with van der Waals surface area (Å²) < 4.78 is 0. The van der Waals surface area contributed by atoms with Crippen LogP contribution in [0, 0.1) is 5.92 Å². The molecule has 0 aliphatic carbocycles. The molecule has 0 unspecified atom stereocenters. The summed E-state index contributed by atoms with van der Waals surface area (Å²) in [5.41, 5.74) is 3.45. The second-order valence-electron chi connectivity index (χ2n) is 6.50. The minimum atomic E-state index is -0.852. The number of aromatic amines is 1. The van der Waals surface area contributed by atoms with Crippen molar-refractivity contribution in [3.63, 3.8) is 0 Å².